The molecule has 8 heteroatoms. The smallest absolute Gasteiger partial charge is 0.204 e. The first-order valence-electron chi connectivity index (χ1n) is 4.74. The number of rotatable bonds is 5. The average Bonchev–Trinajstić information content (AvgIpc) is 2.80. The van der Waals surface area contributed by atoms with Gasteiger partial charge in [0, 0.05) is 20.1 Å². The molecule has 0 unspecified atom stereocenters. The van der Waals surface area contributed by atoms with Crippen molar-refractivity contribution in [3.8, 4) is 6.19 Å². The third kappa shape index (κ3) is 4.56. The molecule has 0 fully saturated rings. The van der Waals surface area contributed by atoms with Gasteiger partial charge in [-0.15, -0.1) is 0 Å². The Morgan fingerprint density at radius 1 is 1.62 bits per heavy atom. The second-order valence-electron chi connectivity index (χ2n) is 2.81. The Bertz CT molecular complexity index is 353. The molecule has 0 aliphatic rings. The first-order chi connectivity index (χ1) is 7.86. The summed E-state index contributed by atoms with van der Waals surface area (Å²) in [6, 6.07) is 0. The SMILES string of the molecule is CN=C(NC#N)NCCCNc1cnsn1. The topological polar surface area (TPSA) is 98.0 Å². The average molecular weight is 239 g/mol. The van der Waals surface area contributed by atoms with Crippen LogP contribution in [0, 0.1) is 11.5 Å². The van der Waals surface area contributed by atoms with Crippen LogP contribution < -0.4 is 16.0 Å². The molecule has 0 spiro atoms. The fourth-order valence-corrected chi connectivity index (χ4v) is 1.38. The van der Waals surface area contributed by atoms with Gasteiger partial charge < -0.3 is 10.6 Å². The lowest BCUT2D eigenvalue weighted by atomic mass is 10.4. The predicted octanol–water partition coefficient (Wildman–Crippen LogP) is -0.0138. The molecule has 7 nitrogen and oxygen atoms in total. The second-order valence-corrected chi connectivity index (χ2v) is 3.37. The maximum Gasteiger partial charge on any atom is 0.204 e. The van der Waals surface area contributed by atoms with Crippen LogP contribution in [0.3, 0.4) is 0 Å². The van der Waals surface area contributed by atoms with Gasteiger partial charge in [0.05, 0.1) is 17.9 Å². The quantitative estimate of drug-likeness (QED) is 0.220. The van der Waals surface area contributed by atoms with E-state index in [0.29, 0.717) is 5.96 Å². The summed E-state index contributed by atoms with van der Waals surface area (Å²) < 4.78 is 7.89. The van der Waals surface area contributed by atoms with Gasteiger partial charge in [-0.1, -0.05) is 0 Å². The van der Waals surface area contributed by atoms with Crippen molar-refractivity contribution in [3.63, 3.8) is 0 Å². The van der Waals surface area contributed by atoms with Gasteiger partial charge in [-0.05, 0) is 6.42 Å². The summed E-state index contributed by atoms with van der Waals surface area (Å²) in [5.74, 6) is 1.28. The molecule has 86 valence electrons. The number of hydrogen-bond acceptors (Lipinski definition) is 6. The maximum atomic E-state index is 8.39. The summed E-state index contributed by atoms with van der Waals surface area (Å²) in [7, 11) is 1.62. The van der Waals surface area contributed by atoms with E-state index in [1.807, 2.05) is 0 Å². The highest BCUT2D eigenvalue weighted by Crippen LogP contribution is 2.00. The van der Waals surface area contributed by atoms with Crippen LogP contribution in [0.5, 0.6) is 0 Å². The Morgan fingerprint density at radius 2 is 2.50 bits per heavy atom. The summed E-state index contributed by atoms with van der Waals surface area (Å²) >= 11 is 1.18. The molecule has 16 heavy (non-hydrogen) atoms. The van der Waals surface area contributed by atoms with Crippen LogP contribution in [0.1, 0.15) is 6.42 Å². The van der Waals surface area contributed by atoms with Crippen LogP contribution in [-0.4, -0.2) is 34.8 Å². The van der Waals surface area contributed by atoms with Gasteiger partial charge in [0.2, 0.25) is 5.96 Å². The maximum absolute atomic E-state index is 8.39. The molecule has 0 saturated carbocycles. The normalized spacial score (nSPS) is 10.6. The van der Waals surface area contributed by atoms with Crippen LogP contribution in [0.2, 0.25) is 0 Å². The van der Waals surface area contributed by atoms with E-state index in [9.17, 15) is 0 Å². The van der Waals surface area contributed by atoms with Gasteiger partial charge in [0.15, 0.2) is 12.0 Å². The number of nitrogens with one attached hydrogen (secondary N) is 3. The molecule has 1 rings (SSSR count). The molecule has 0 atom stereocenters. The third-order valence-electron chi connectivity index (χ3n) is 1.71. The first-order valence-corrected chi connectivity index (χ1v) is 5.47. The van der Waals surface area contributed by atoms with E-state index in [4.69, 9.17) is 5.26 Å². The summed E-state index contributed by atoms with van der Waals surface area (Å²) in [5.41, 5.74) is 0. The number of nitrogens with zero attached hydrogens (tertiary/aromatic N) is 4. The monoisotopic (exact) mass is 239 g/mol. The highest BCUT2D eigenvalue weighted by atomic mass is 32.1. The van der Waals surface area contributed by atoms with Crippen molar-refractivity contribution in [2.45, 2.75) is 6.42 Å². The number of guanidine groups is 1. The molecule has 0 saturated heterocycles. The van der Waals surface area contributed by atoms with Gasteiger partial charge in [0.25, 0.3) is 0 Å². The Kier molecular flexibility index (Phi) is 5.65. The molecule has 0 aromatic carbocycles. The van der Waals surface area contributed by atoms with Crippen molar-refractivity contribution in [2.24, 2.45) is 4.99 Å². The van der Waals surface area contributed by atoms with Crippen molar-refractivity contribution in [1.82, 2.24) is 19.4 Å². The Labute approximate surface area is 97.9 Å². The van der Waals surface area contributed by atoms with Crippen molar-refractivity contribution in [1.29, 1.82) is 5.26 Å². The fourth-order valence-electron chi connectivity index (χ4n) is 0.986. The zero-order valence-corrected chi connectivity index (χ0v) is 9.71. The standard InChI is InChI=1S/C8H13N7S/c1-10-8(13-6-9)12-4-2-3-11-7-5-14-16-15-7/h5H,2-4H2,1H3,(H,11,15)(H2,10,12,13). The first kappa shape index (κ1) is 12.2. The van der Waals surface area contributed by atoms with Gasteiger partial charge in [0.1, 0.15) is 0 Å². The lowest BCUT2D eigenvalue weighted by molar-refractivity contribution is 0.789. The van der Waals surface area contributed by atoms with E-state index in [0.717, 1.165) is 25.3 Å². The largest absolute Gasteiger partial charge is 0.368 e. The third-order valence-corrected chi connectivity index (χ3v) is 2.19. The zero-order chi connectivity index (χ0) is 11.6. The second kappa shape index (κ2) is 7.42. The molecule has 0 bridgehead atoms. The summed E-state index contributed by atoms with van der Waals surface area (Å²) in [6.07, 6.45) is 4.39. The summed E-state index contributed by atoms with van der Waals surface area (Å²) in [6.45, 7) is 1.52. The molecular weight excluding hydrogens is 226 g/mol. The number of nitriles is 1. The van der Waals surface area contributed by atoms with E-state index < -0.39 is 0 Å². The summed E-state index contributed by atoms with van der Waals surface area (Å²) in [5, 5.41) is 16.9. The molecule has 0 aliphatic heterocycles. The van der Waals surface area contributed by atoms with E-state index in [1.165, 1.54) is 11.7 Å². The van der Waals surface area contributed by atoms with E-state index in [1.54, 1.807) is 19.4 Å². The lowest BCUT2D eigenvalue weighted by Gasteiger charge is -2.06. The summed E-state index contributed by atoms with van der Waals surface area (Å²) in [4.78, 5) is 3.86. The minimum atomic E-state index is 0.484. The van der Waals surface area contributed by atoms with Crippen LogP contribution in [0.15, 0.2) is 11.2 Å². The van der Waals surface area contributed by atoms with Gasteiger partial charge in [-0.3, -0.25) is 10.3 Å². The van der Waals surface area contributed by atoms with Crippen LogP contribution in [0.25, 0.3) is 0 Å². The van der Waals surface area contributed by atoms with E-state index in [-0.39, 0.29) is 0 Å². The molecule has 3 N–H and O–H groups in total. The molecule has 1 heterocycles. The fraction of sp³-hybridized carbons (Fsp3) is 0.500. The molecule has 0 aliphatic carbocycles. The molecule has 1 aromatic heterocycles. The lowest BCUT2D eigenvalue weighted by Crippen LogP contribution is -2.35. The van der Waals surface area contributed by atoms with E-state index >= 15 is 0 Å². The minimum Gasteiger partial charge on any atom is -0.368 e. The zero-order valence-electron chi connectivity index (χ0n) is 8.90. The Hall–Kier alpha value is -1.88. The number of aliphatic imine (C=N–C) groups is 1. The van der Waals surface area contributed by atoms with Gasteiger partial charge in [-0.25, -0.2) is 0 Å². The van der Waals surface area contributed by atoms with Crippen molar-refractivity contribution < 1.29 is 0 Å². The Balaban J connectivity index is 2.06. The number of anilines is 1. The van der Waals surface area contributed by atoms with Gasteiger partial charge in [-0.2, -0.15) is 14.0 Å². The Morgan fingerprint density at radius 3 is 3.12 bits per heavy atom. The predicted molar refractivity (Wildman–Crippen MR) is 63.1 cm³/mol. The highest BCUT2D eigenvalue weighted by Gasteiger charge is 1.96. The van der Waals surface area contributed by atoms with E-state index in [2.05, 4.69) is 29.7 Å². The number of hydrogen-bond donors (Lipinski definition) is 3. The van der Waals surface area contributed by atoms with Crippen LogP contribution >= 0.6 is 11.7 Å². The molecule has 0 radical (unpaired) electrons. The molecular formula is C8H13N7S. The van der Waals surface area contributed by atoms with Gasteiger partial charge >= 0.3 is 0 Å². The van der Waals surface area contributed by atoms with Crippen LogP contribution in [-0.2, 0) is 0 Å². The number of aromatic nitrogens is 2. The van der Waals surface area contributed by atoms with Crippen molar-refractivity contribution in [3.05, 3.63) is 6.20 Å². The van der Waals surface area contributed by atoms with Crippen LogP contribution in [0.4, 0.5) is 5.82 Å². The van der Waals surface area contributed by atoms with Crippen molar-refractivity contribution >= 4 is 23.5 Å². The molecule has 0 amide bonds. The minimum absolute atomic E-state index is 0.484. The van der Waals surface area contributed by atoms with Crippen molar-refractivity contribution in [2.75, 3.05) is 25.5 Å². The highest BCUT2D eigenvalue weighted by molar-refractivity contribution is 6.99. The molecule has 1 aromatic rings.